The Bertz CT molecular complexity index is 241. The Balaban J connectivity index is 3.91. The molecule has 0 aromatic rings. The predicted octanol–water partition coefficient (Wildman–Crippen LogP) is 0.348. The van der Waals surface area contributed by atoms with Gasteiger partial charge in [0, 0.05) is 19.6 Å². The number of methoxy groups -OCH3 is 1. The second-order valence-corrected chi connectivity index (χ2v) is 4.16. The summed E-state index contributed by atoms with van der Waals surface area (Å²) in [5, 5.41) is 0. The minimum atomic E-state index is -0.253. The van der Waals surface area contributed by atoms with E-state index in [1.54, 1.807) is 11.9 Å². The van der Waals surface area contributed by atoms with Gasteiger partial charge in [0.25, 0.3) is 0 Å². The van der Waals surface area contributed by atoms with E-state index in [4.69, 9.17) is 0 Å². The van der Waals surface area contributed by atoms with E-state index in [0.29, 0.717) is 19.5 Å². The average molecular weight is 230 g/mol. The molecule has 0 saturated carbocycles. The van der Waals surface area contributed by atoms with Crippen LogP contribution in [0.3, 0.4) is 0 Å². The molecule has 0 aromatic heterocycles. The van der Waals surface area contributed by atoms with Gasteiger partial charge in [-0.2, -0.15) is 0 Å². The Labute approximate surface area is 97.3 Å². The molecule has 0 fully saturated rings. The van der Waals surface area contributed by atoms with Crippen molar-refractivity contribution in [3.05, 3.63) is 0 Å². The molecule has 0 atom stereocenters. The zero-order chi connectivity index (χ0) is 12.7. The summed E-state index contributed by atoms with van der Waals surface area (Å²) in [5.74, 6) is -0.195. The van der Waals surface area contributed by atoms with Gasteiger partial charge in [0.1, 0.15) is 0 Å². The van der Waals surface area contributed by atoms with Gasteiger partial charge < -0.3 is 9.64 Å². The van der Waals surface area contributed by atoms with E-state index in [1.165, 1.54) is 7.11 Å². The number of hydrogen-bond donors (Lipinski definition) is 0. The molecule has 16 heavy (non-hydrogen) atoms. The molecule has 0 N–H and O–H groups in total. The summed E-state index contributed by atoms with van der Waals surface area (Å²) in [6.45, 7) is 4.79. The molecule has 94 valence electrons. The van der Waals surface area contributed by atoms with E-state index in [2.05, 4.69) is 4.74 Å². The number of ether oxygens (including phenoxy) is 1. The molecule has 0 radical (unpaired) electrons. The second-order valence-electron chi connectivity index (χ2n) is 4.16. The lowest BCUT2D eigenvalue weighted by molar-refractivity contribution is -0.141. The van der Waals surface area contributed by atoms with E-state index < -0.39 is 0 Å². The summed E-state index contributed by atoms with van der Waals surface area (Å²) >= 11 is 0. The zero-order valence-electron chi connectivity index (χ0n) is 10.8. The van der Waals surface area contributed by atoms with Gasteiger partial charge >= 0.3 is 5.97 Å². The largest absolute Gasteiger partial charge is 0.469 e. The first-order chi connectivity index (χ1) is 7.38. The van der Waals surface area contributed by atoms with E-state index in [0.717, 1.165) is 0 Å². The van der Waals surface area contributed by atoms with Crippen LogP contribution in [0.15, 0.2) is 0 Å². The third kappa shape index (κ3) is 5.70. The summed E-state index contributed by atoms with van der Waals surface area (Å²) in [6, 6.07) is 0.196. The molecule has 0 aliphatic rings. The number of carbonyl (C=O) groups excluding carboxylic acids is 2. The summed E-state index contributed by atoms with van der Waals surface area (Å²) in [7, 11) is 4.95. The van der Waals surface area contributed by atoms with Crippen LogP contribution >= 0.6 is 0 Å². The van der Waals surface area contributed by atoms with Crippen molar-refractivity contribution < 1.29 is 14.3 Å². The van der Waals surface area contributed by atoms with Crippen molar-refractivity contribution in [2.75, 3.05) is 34.3 Å². The fourth-order valence-electron chi connectivity index (χ4n) is 1.09. The van der Waals surface area contributed by atoms with Crippen LogP contribution < -0.4 is 0 Å². The molecule has 0 aliphatic heterocycles. The van der Waals surface area contributed by atoms with Gasteiger partial charge in [0.2, 0.25) is 5.91 Å². The van der Waals surface area contributed by atoms with Crippen molar-refractivity contribution in [2.24, 2.45) is 0 Å². The Hall–Kier alpha value is -1.10. The maximum absolute atomic E-state index is 11.7. The third-order valence-electron chi connectivity index (χ3n) is 2.50. The molecule has 0 spiro atoms. The molecule has 0 aliphatic carbocycles. The number of carbonyl (C=O) groups is 2. The lowest BCUT2D eigenvalue weighted by Crippen LogP contribution is -2.40. The van der Waals surface area contributed by atoms with Crippen molar-refractivity contribution >= 4 is 11.9 Å². The number of likely N-dealkylation sites (N-methyl/N-ethyl adjacent to an activating group) is 2. The van der Waals surface area contributed by atoms with Crippen LogP contribution in [0, 0.1) is 0 Å². The van der Waals surface area contributed by atoms with Crippen LogP contribution in [-0.2, 0) is 14.3 Å². The first kappa shape index (κ1) is 14.9. The molecule has 0 bridgehead atoms. The van der Waals surface area contributed by atoms with Gasteiger partial charge in [-0.1, -0.05) is 0 Å². The average Bonchev–Trinajstić information content (AvgIpc) is 2.24. The van der Waals surface area contributed by atoms with Crippen LogP contribution in [0.2, 0.25) is 0 Å². The van der Waals surface area contributed by atoms with Gasteiger partial charge in [0.05, 0.1) is 20.1 Å². The molecule has 0 unspecified atom stereocenters. The first-order valence-electron chi connectivity index (χ1n) is 5.39. The zero-order valence-corrected chi connectivity index (χ0v) is 10.8. The van der Waals surface area contributed by atoms with Gasteiger partial charge in [-0.3, -0.25) is 14.5 Å². The smallest absolute Gasteiger partial charge is 0.306 e. The minimum absolute atomic E-state index is 0.0577. The first-order valence-corrected chi connectivity index (χ1v) is 5.39. The number of amides is 1. The standard InChI is InChI=1S/C11H22N2O3/c1-9(2)13(4)10(14)8-12(3)7-6-11(15)16-5/h9H,6-8H2,1-5H3. The van der Waals surface area contributed by atoms with Gasteiger partial charge in [-0.15, -0.1) is 0 Å². The molecule has 0 saturated heterocycles. The van der Waals surface area contributed by atoms with Crippen LogP contribution in [0.4, 0.5) is 0 Å². The summed E-state index contributed by atoms with van der Waals surface area (Å²) < 4.78 is 4.53. The quantitative estimate of drug-likeness (QED) is 0.618. The van der Waals surface area contributed by atoms with Gasteiger partial charge in [-0.25, -0.2) is 0 Å². The lowest BCUT2D eigenvalue weighted by atomic mass is 10.3. The van der Waals surface area contributed by atoms with E-state index in [1.807, 2.05) is 25.8 Å². The van der Waals surface area contributed by atoms with Gasteiger partial charge in [-0.05, 0) is 20.9 Å². The van der Waals surface area contributed by atoms with Crippen LogP contribution in [0.5, 0.6) is 0 Å². The SMILES string of the molecule is COC(=O)CCN(C)CC(=O)N(C)C(C)C. The summed E-state index contributed by atoms with van der Waals surface area (Å²) in [4.78, 5) is 26.1. The van der Waals surface area contributed by atoms with Gasteiger partial charge in [0.15, 0.2) is 0 Å². The summed E-state index contributed by atoms with van der Waals surface area (Å²) in [6.07, 6.45) is 0.311. The lowest BCUT2D eigenvalue weighted by Gasteiger charge is -2.24. The fraction of sp³-hybridized carbons (Fsp3) is 0.818. The van der Waals surface area contributed by atoms with Crippen molar-refractivity contribution in [3.63, 3.8) is 0 Å². The van der Waals surface area contributed by atoms with E-state index >= 15 is 0 Å². The Morgan fingerprint density at radius 3 is 2.25 bits per heavy atom. The Morgan fingerprint density at radius 1 is 1.25 bits per heavy atom. The summed E-state index contributed by atoms with van der Waals surface area (Å²) in [5.41, 5.74) is 0. The Morgan fingerprint density at radius 2 is 1.81 bits per heavy atom. The molecular formula is C11H22N2O3. The van der Waals surface area contributed by atoms with E-state index in [-0.39, 0.29) is 17.9 Å². The highest BCUT2D eigenvalue weighted by atomic mass is 16.5. The van der Waals surface area contributed by atoms with Crippen LogP contribution in [-0.4, -0.2) is 62.0 Å². The highest BCUT2D eigenvalue weighted by Crippen LogP contribution is 1.97. The van der Waals surface area contributed by atoms with Crippen LogP contribution in [0.1, 0.15) is 20.3 Å². The predicted molar refractivity (Wildman–Crippen MR) is 62.0 cm³/mol. The minimum Gasteiger partial charge on any atom is -0.469 e. The molecule has 0 heterocycles. The molecule has 5 nitrogen and oxygen atoms in total. The monoisotopic (exact) mass is 230 g/mol. The molecule has 0 aromatic carbocycles. The number of esters is 1. The normalized spacial score (nSPS) is 10.7. The maximum atomic E-state index is 11.7. The fourth-order valence-corrected chi connectivity index (χ4v) is 1.09. The van der Waals surface area contributed by atoms with Crippen molar-refractivity contribution in [1.29, 1.82) is 0 Å². The Kier molecular flexibility index (Phi) is 6.72. The molecule has 1 amide bonds. The number of hydrogen-bond acceptors (Lipinski definition) is 4. The highest BCUT2D eigenvalue weighted by Gasteiger charge is 2.14. The van der Waals surface area contributed by atoms with Crippen molar-refractivity contribution in [1.82, 2.24) is 9.80 Å². The molecular weight excluding hydrogens is 208 g/mol. The molecule has 0 rings (SSSR count). The van der Waals surface area contributed by atoms with E-state index in [9.17, 15) is 9.59 Å². The number of nitrogens with zero attached hydrogens (tertiary/aromatic N) is 2. The second kappa shape index (κ2) is 7.22. The topological polar surface area (TPSA) is 49.9 Å². The van der Waals surface area contributed by atoms with Crippen LogP contribution in [0.25, 0.3) is 0 Å². The van der Waals surface area contributed by atoms with Crippen molar-refractivity contribution in [3.8, 4) is 0 Å². The molecule has 5 heteroatoms. The third-order valence-corrected chi connectivity index (χ3v) is 2.50. The maximum Gasteiger partial charge on any atom is 0.306 e. The highest BCUT2D eigenvalue weighted by molar-refractivity contribution is 5.78. The number of rotatable bonds is 6. The van der Waals surface area contributed by atoms with Crippen molar-refractivity contribution in [2.45, 2.75) is 26.3 Å².